The van der Waals surface area contributed by atoms with Gasteiger partial charge in [0, 0.05) is 18.2 Å². The highest BCUT2D eigenvalue weighted by molar-refractivity contribution is 5.85. The number of carbonyl (C=O) groups excluding carboxylic acids is 1. The molecule has 2 N–H and O–H groups in total. The molecule has 1 aliphatic rings. The van der Waals surface area contributed by atoms with Crippen molar-refractivity contribution in [3.63, 3.8) is 0 Å². The number of benzene rings is 1. The van der Waals surface area contributed by atoms with Crippen LogP contribution in [0.3, 0.4) is 0 Å². The number of nitro groups is 1. The lowest BCUT2D eigenvalue weighted by Crippen LogP contribution is -2.35. The Bertz CT molecular complexity index is 501. The molecule has 0 spiro atoms. The van der Waals surface area contributed by atoms with Gasteiger partial charge >= 0.3 is 6.09 Å². The van der Waals surface area contributed by atoms with E-state index in [4.69, 9.17) is 4.74 Å². The number of hydrogen-bond acceptors (Lipinski definition) is 5. The number of anilines is 1. The minimum absolute atomic E-state index is 0.0702. The van der Waals surface area contributed by atoms with Gasteiger partial charge in [-0.1, -0.05) is 12.5 Å². The first kappa shape index (κ1) is 15.2. The van der Waals surface area contributed by atoms with E-state index >= 15 is 0 Å². The SMILES string of the molecule is O=C(Nc1cccc([N+](=O)[O-])c1)OCCC1CCCCN1. The molecule has 0 aliphatic carbocycles. The molecule has 0 radical (unpaired) electrons. The molecule has 1 atom stereocenters. The number of amides is 1. The number of nitrogens with zero attached hydrogens (tertiary/aromatic N) is 1. The fourth-order valence-electron chi connectivity index (χ4n) is 2.32. The molecule has 0 bridgehead atoms. The third-order valence-corrected chi connectivity index (χ3v) is 3.42. The molecule has 1 aromatic carbocycles. The van der Waals surface area contributed by atoms with Crippen molar-refractivity contribution in [2.45, 2.75) is 31.7 Å². The lowest BCUT2D eigenvalue weighted by molar-refractivity contribution is -0.384. The maximum Gasteiger partial charge on any atom is 0.411 e. The van der Waals surface area contributed by atoms with Crippen molar-refractivity contribution in [1.29, 1.82) is 0 Å². The summed E-state index contributed by atoms with van der Waals surface area (Å²) in [6.45, 7) is 1.35. The van der Waals surface area contributed by atoms with E-state index in [1.807, 2.05) is 0 Å². The molecule has 1 heterocycles. The highest BCUT2D eigenvalue weighted by Gasteiger charge is 2.13. The van der Waals surface area contributed by atoms with Crippen LogP contribution in [0, 0.1) is 10.1 Å². The van der Waals surface area contributed by atoms with Crippen molar-refractivity contribution in [3.05, 3.63) is 34.4 Å². The van der Waals surface area contributed by atoms with Gasteiger partial charge in [-0.2, -0.15) is 0 Å². The van der Waals surface area contributed by atoms with Crippen molar-refractivity contribution in [2.75, 3.05) is 18.5 Å². The summed E-state index contributed by atoms with van der Waals surface area (Å²) < 4.78 is 5.09. The van der Waals surface area contributed by atoms with E-state index in [1.165, 1.54) is 31.0 Å². The van der Waals surface area contributed by atoms with Crippen LogP contribution in [0.4, 0.5) is 16.2 Å². The second-order valence-corrected chi connectivity index (χ2v) is 5.00. The van der Waals surface area contributed by atoms with Gasteiger partial charge in [0.05, 0.1) is 17.2 Å². The van der Waals surface area contributed by atoms with Gasteiger partial charge in [-0.3, -0.25) is 15.4 Å². The Kier molecular flexibility index (Phi) is 5.51. The molecule has 114 valence electrons. The number of piperidine rings is 1. The van der Waals surface area contributed by atoms with Crippen LogP contribution in [0.25, 0.3) is 0 Å². The molecular formula is C14H19N3O4. The maximum atomic E-state index is 11.6. The number of ether oxygens (including phenoxy) is 1. The number of carbonyl (C=O) groups is 1. The Labute approximate surface area is 122 Å². The first-order chi connectivity index (χ1) is 10.1. The predicted molar refractivity (Wildman–Crippen MR) is 78.3 cm³/mol. The lowest BCUT2D eigenvalue weighted by atomic mass is 10.0. The monoisotopic (exact) mass is 293 g/mol. The normalized spacial score (nSPS) is 18.0. The Morgan fingerprint density at radius 1 is 1.48 bits per heavy atom. The van der Waals surface area contributed by atoms with Gasteiger partial charge in [0.2, 0.25) is 0 Å². The molecule has 1 fully saturated rings. The quantitative estimate of drug-likeness (QED) is 0.643. The van der Waals surface area contributed by atoms with Gasteiger partial charge in [0.15, 0.2) is 0 Å². The van der Waals surface area contributed by atoms with Crippen molar-refractivity contribution in [2.24, 2.45) is 0 Å². The van der Waals surface area contributed by atoms with Crippen molar-refractivity contribution < 1.29 is 14.5 Å². The van der Waals surface area contributed by atoms with E-state index in [9.17, 15) is 14.9 Å². The summed E-state index contributed by atoms with van der Waals surface area (Å²) in [4.78, 5) is 21.7. The molecule has 1 amide bonds. The summed E-state index contributed by atoms with van der Waals surface area (Å²) in [5.74, 6) is 0. The topological polar surface area (TPSA) is 93.5 Å². The number of non-ortho nitro benzene ring substituents is 1. The summed E-state index contributed by atoms with van der Waals surface area (Å²) in [5.41, 5.74) is 0.282. The van der Waals surface area contributed by atoms with Crippen LogP contribution < -0.4 is 10.6 Å². The Hall–Kier alpha value is -2.15. The summed E-state index contributed by atoms with van der Waals surface area (Å²) in [6.07, 6.45) is 3.70. The van der Waals surface area contributed by atoms with Crippen LogP contribution in [-0.4, -0.2) is 30.2 Å². The van der Waals surface area contributed by atoms with E-state index < -0.39 is 11.0 Å². The van der Waals surface area contributed by atoms with Crippen LogP contribution in [0.5, 0.6) is 0 Å². The molecule has 21 heavy (non-hydrogen) atoms. The number of nitrogens with one attached hydrogen (secondary N) is 2. The van der Waals surface area contributed by atoms with E-state index in [1.54, 1.807) is 6.07 Å². The molecule has 0 aromatic heterocycles. The van der Waals surface area contributed by atoms with Crippen molar-refractivity contribution >= 4 is 17.5 Å². The Balaban J connectivity index is 1.73. The van der Waals surface area contributed by atoms with Crippen LogP contribution in [0.15, 0.2) is 24.3 Å². The first-order valence-corrected chi connectivity index (χ1v) is 7.07. The largest absolute Gasteiger partial charge is 0.449 e. The average Bonchev–Trinajstić information content (AvgIpc) is 2.48. The number of nitro benzene ring substituents is 1. The Morgan fingerprint density at radius 3 is 3.05 bits per heavy atom. The molecular weight excluding hydrogens is 274 g/mol. The van der Waals surface area contributed by atoms with E-state index in [-0.39, 0.29) is 5.69 Å². The van der Waals surface area contributed by atoms with Crippen LogP contribution in [-0.2, 0) is 4.74 Å². The third kappa shape index (κ3) is 5.03. The number of rotatable bonds is 5. The highest BCUT2D eigenvalue weighted by atomic mass is 16.6. The zero-order valence-corrected chi connectivity index (χ0v) is 11.7. The molecule has 7 nitrogen and oxygen atoms in total. The molecule has 7 heteroatoms. The van der Waals surface area contributed by atoms with Crippen molar-refractivity contribution in [3.8, 4) is 0 Å². The van der Waals surface area contributed by atoms with Gasteiger partial charge in [0.1, 0.15) is 0 Å². The second kappa shape index (κ2) is 7.58. The first-order valence-electron chi connectivity index (χ1n) is 7.07. The van der Waals surface area contributed by atoms with Crippen molar-refractivity contribution in [1.82, 2.24) is 5.32 Å². The molecule has 1 aliphatic heterocycles. The van der Waals surface area contributed by atoms with Gasteiger partial charge in [-0.25, -0.2) is 4.79 Å². The maximum absolute atomic E-state index is 11.6. The van der Waals surface area contributed by atoms with E-state index in [0.717, 1.165) is 19.4 Å². The van der Waals surface area contributed by atoms with Gasteiger partial charge < -0.3 is 10.1 Å². The van der Waals surface area contributed by atoms with Crippen LogP contribution in [0.1, 0.15) is 25.7 Å². The summed E-state index contributed by atoms with van der Waals surface area (Å²) in [5, 5.41) is 16.5. The van der Waals surface area contributed by atoms with Gasteiger partial charge in [-0.05, 0) is 31.9 Å². The zero-order chi connectivity index (χ0) is 15.1. The van der Waals surface area contributed by atoms with Crippen LogP contribution in [0.2, 0.25) is 0 Å². The molecule has 1 saturated heterocycles. The third-order valence-electron chi connectivity index (χ3n) is 3.42. The molecule has 2 rings (SSSR count). The fourth-order valence-corrected chi connectivity index (χ4v) is 2.32. The summed E-state index contributed by atoms with van der Waals surface area (Å²) >= 11 is 0. The summed E-state index contributed by atoms with van der Waals surface area (Å²) in [6, 6.07) is 6.16. The fraction of sp³-hybridized carbons (Fsp3) is 0.500. The predicted octanol–water partition coefficient (Wildman–Crippen LogP) is 2.68. The molecule has 1 unspecified atom stereocenters. The highest BCUT2D eigenvalue weighted by Crippen LogP contribution is 2.17. The van der Waals surface area contributed by atoms with Crippen LogP contribution >= 0.6 is 0 Å². The minimum atomic E-state index is -0.591. The molecule has 0 saturated carbocycles. The van der Waals surface area contributed by atoms with E-state index in [2.05, 4.69) is 10.6 Å². The van der Waals surface area contributed by atoms with E-state index in [0.29, 0.717) is 18.3 Å². The average molecular weight is 293 g/mol. The van der Waals surface area contributed by atoms with Gasteiger partial charge in [-0.15, -0.1) is 0 Å². The second-order valence-electron chi connectivity index (χ2n) is 5.00. The lowest BCUT2D eigenvalue weighted by Gasteiger charge is -2.23. The minimum Gasteiger partial charge on any atom is -0.449 e. The smallest absolute Gasteiger partial charge is 0.411 e. The Morgan fingerprint density at radius 2 is 2.33 bits per heavy atom. The standard InChI is InChI=1S/C14H19N3O4/c18-14(21-9-7-11-4-1-2-8-15-11)16-12-5-3-6-13(10-12)17(19)20/h3,5-6,10-11,15H,1-2,4,7-9H2,(H,16,18). The summed E-state index contributed by atoms with van der Waals surface area (Å²) in [7, 11) is 0. The number of hydrogen-bond donors (Lipinski definition) is 2. The molecule has 1 aromatic rings. The van der Waals surface area contributed by atoms with Gasteiger partial charge in [0.25, 0.3) is 5.69 Å². The zero-order valence-electron chi connectivity index (χ0n) is 11.7.